The van der Waals surface area contributed by atoms with Gasteiger partial charge < -0.3 is 15.4 Å². The van der Waals surface area contributed by atoms with Crippen molar-refractivity contribution in [1.29, 1.82) is 5.26 Å². The molecule has 0 saturated carbocycles. The minimum absolute atomic E-state index is 0.128. The number of ether oxygens (including phenoxy) is 1. The number of nitrogens with zero attached hydrogens (tertiary/aromatic N) is 1. The van der Waals surface area contributed by atoms with Gasteiger partial charge in [-0.3, -0.25) is 9.59 Å². The molecule has 160 valence electrons. The van der Waals surface area contributed by atoms with Crippen LogP contribution in [0.5, 0.6) is 5.75 Å². The van der Waals surface area contributed by atoms with Crippen LogP contribution >= 0.6 is 23.2 Å². The molecule has 0 bridgehead atoms. The minimum Gasteiger partial charge on any atom is -0.483 e. The van der Waals surface area contributed by atoms with Crippen molar-refractivity contribution in [3.05, 3.63) is 94.0 Å². The molecule has 0 heterocycles. The Morgan fingerprint density at radius 1 is 0.938 bits per heavy atom. The predicted molar refractivity (Wildman–Crippen MR) is 126 cm³/mol. The second kappa shape index (κ2) is 11.0. The van der Waals surface area contributed by atoms with Crippen molar-refractivity contribution in [1.82, 2.24) is 0 Å². The number of hydrogen-bond donors (Lipinski definition) is 2. The van der Waals surface area contributed by atoms with Gasteiger partial charge in [0.25, 0.3) is 11.8 Å². The molecule has 0 saturated heterocycles. The van der Waals surface area contributed by atoms with Crippen molar-refractivity contribution < 1.29 is 14.3 Å². The zero-order chi connectivity index (χ0) is 22.9. The summed E-state index contributed by atoms with van der Waals surface area (Å²) in [7, 11) is 0. The maximum Gasteiger partial charge on any atom is 0.266 e. The minimum atomic E-state index is -0.582. The molecule has 0 fully saturated rings. The fourth-order valence-electron chi connectivity index (χ4n) is 2.66. The third-order valence-electron chi connectivity index (χ3n) is 4.19. The summed E-state index contributed by atoms with van der Waals surface area (Å²) in [6, 6.07) is 22.0. The Bertz CT molecular complexity index is 1200. The van der Waals surface area contributed by atoms with Crippen LogP contribution < -0.4 is 15.4 Å². The average molecular weight is 466 g/mol. The summed E-state index contributed by atoms with van der Waals surface area (Å²) in [5.41, 5.74) is 1.32. The van der Waals surface area contributed by atoms with E-state index in [1.54, 1.807) is 72.8 Å². The fourth-order valence-corrected chi connectivity index (χ4v) is 2.97. The van der Waals surface area contributed by atoms with E-state index in [-0.39, 0.29) is 12.2 Å². The highest BCUT2D eigenvalue weighted by molar-refractivity contribution is 6.33. The molecule has 0 spiro atoms. The number of para-hydroxylation sites is 2. The van der Waals surface area contributed by atoms with Crippen LogP contribution in [0.15, 0.2) is 78.4 Å². The van der Waals surface area contributed by atoms with Gasteiger partial charge in [0.05, 0.1) is 10.7 Å². The molecule has 2 amide bonds. The lowest BCUT2D eigenvalue weighted by atomic mass is 10.1. The Morgan fingerprint density at radius 3 is 2.34 bits per heavy atom. The smallest absolute Gasteiger partial charge is 0.266 e. The van der Waals surface area contributed by atoms with Crippen LogP contribution in [-0.4, -0.2) is 18.4 Å². The van der Waals surface area contributed by atoms with Crippen molar-refractivity contribution in [2.24, 2.45) is 0 Å². The summed E-state index contributed by atoms with van der Waals surface area (Å²) in [4.78, 5) is 24.7. The molecule has 3 aromatic carbocycles. The number of carbonyl (C=O) groups is 2. The van der Waals surface area contributed by atoms with Gasteiger partial charge in [0.2, 0.25) is 0 Å². The zero-order valence-electron chi connectivity index (χ0n) is 16.6. The molecular weight excluding hydrogens is 449 g/mol. The van der Waals surface area contributed by atoms with Crippen LogP contribution in [-0.2, 0) is 9.59 Å². The van der Waals surface area contributed by atoms with E-state index in [2.05, 4.69) is 10.6 Å². The first-order valence-corrected chi connectivity index (χ1v) is 10.2. The van der Waals surface area contributed by atoms with Crippen LogP contribution in [0.1, 0.15) is 5.56 Å². The van der Waals surface area contributed by atoms with Crippen molar-refractivity contribution in [2.75, 3.05) is 17.2 Å². The normalized spacial score (nSPS) is 10.7. The predicted octanol–water partition coefficient (Wildman–Crippen LogP) is 5.56. The maximum absolute atomic E-state index is 12.5. The summed E-state index contributed by atoms with van der Waals surface area (Å²) < 4.78 is 5.61. The number of halogens is 2. The Kier molecular flexibility index (Phi) is 7.87. The van der Waals surface area contributed by atoms with Crippen LogP contribution in [0.2, 0.25) is 10.0 Å². The van der Waals surface area contributed by atoms with Crippen molar-refractivity contribution in [3.63, 3.8) is 0 Å². The summed E-state index contributed by atoms with van der Waals surface area (Å²) in [6.45, 7) is -0.283. The lowest BCUT2D eigenvalue weighted by Crippen LogP contribution is -2.20. The topological polar surface area (TPSA) is 91.2 Å². The molecule has 6 nitrogen and oxygen atoms in total. The highest BCUT2D eigenvalue weighted by atomic mass is 35.5. The number of carbonyl (C=O) groups excluding carboxylic acids is 2. The Hall–Kier alpha value is -3.79. The molecular formula is C24H17Cl2N3O3. The molecule has 0 aliphatic heterocycles. The standard InChI is InChI=1S/C24H17Cl2N3O3/c25-18-9-11-19(12-10-18)28-24(31)17(14-27)13-16-5-1-4-8-22(16)32-15-23(30)29-21-7-3-2-6-20(21)26/h1-13H,15H2,(H,28,31)(H,29,30)/b17-13-. The lowest BCUT2D eigenvalue weighted by molar-refractivity contribution is -0.118. The fraction of sp³-hybridized carbons (Fsp3) is 0.0417. The average Bonchev–Trinajstić information content (AvgIpc) is 2.79. The molecule has 3 rings (SSSR count). The van der Waals surface area contributed by atoms with E-state index in [9.17, 15) is 14.9 Å². The van der Waals surface area contributed by atoms with Crippen LogP contribution in [0, 0.1) is 11.3 Å². The van der Waals surface area contributed by atoms with E-state index in [1.165, 1.54) is 6.08 Å². The number of nitrogens with one attached hydrogen (secondary N) is 2. The second-order valence-corrected chi connectivity index (χ2v) is 7.33. The molecule has 32 heavy (non-hydrogen) atoms. The molecule has 0 aromatic heterocycles. The zero-order valence-corrected chi connectivity index (χ0v) is 18.2. The second-order valence-electron chi connectivity index (χ2n) is 6.49. The van der Waals surface area contributed by atoms with E-state index in [0.717, 1.165) is 0 Å². The summed E-state index contributed by atoms with van der Waals surface area (Å²) in [6.07, 6.45) is 1.40. The number of nitriles is 1. The maximum atomic E-state index is 12.5. The van der Waals surface area contributed by atoms with Gasteiger partial charge in [0.15, 0.2) is 6.61 Å². The first-order chi connectivity index (χ1) is 15.5. The Labute approximate surface area is 195 Å². The van der Waals surface area contributed by atoms with E-state index >= 15 is 0 Å². The number of hydrogen-bond acceptors (Lipinski definition) is 4. The number of rotatable bonds is 7. The summed E-state index contributed by atoms with van der Waals surface area (Å²) >= 11 is 11.9. The molecule has 0 unspecified atom stereocenters. The van der Waals surface area contributed by atoms with E-state index in [4.69, 9.17) is 27.9 Å². The van der Waals surface area contributed by atoms with Gasteiger partial charge in [-0.25, -0.2) is 0 Å². The quantitative estimate of drug-likeness (QED) is 0.353. The van der Waals surface area contributed by atoms with Gasteiger partial charge in [0, 0.05) is 16.3 Å². The third-order valence-corrected chi connectivity index (χ3v) is 4.77. The van der Waals surface area contributed by atoms with Gasteiger partial charge in [0.1, 0.15) is 17.4 Å². The Balaban J connectivity index is 1.70. The first kappa shape index (κ1) is 22.9. The summed E-state index contributed by atoms with van der Waals surface area (Å²) in [5, 5.41) is 15.7. The molecule has 0 radical (unpaired) electrons. The van der Waals surface area contributed by atoms with Gasteiger partial charge in [-0.05, 0) is 48.5 Å². The number of anilines is 2. The Morgan fingerprint density at radius 2 is 1.62 bits per heavy atom. The molecule has 8 heteroatoms. The van der Waals surface area contributed by atoms with E-state index < -0.39 is 11.8 Å². The van der Waals surface area contributed by atoms with Crippen LogP contribution in [0.4, 0.5) is 11.4 Å². The number of amides is 2. The first-order valence-electron chi connectivity index (χ1n) is 9.41. The van der Waals surface area contributed by atoms with Gasteiger partial charge in [-0.2, -0.15) is 5.26 Å². The van der Waals surface area contributed by atoms with Crippen molar-refractivity contribution in [2.45, 2.75) is 0 Å². The van der Waals surface area contributed by atoms with Crippen LogP contribution in [0.25, 0.3) is 6.08 Å². The van der Waals surface area contributed by atoms with E-state index in [0.29, 0.717) is 32.7 Å². The van der Waals surface area contributed by atoms with E-state index in [1.807, 2.05) is 6.07 Å². The van der Waals surface area contributed by atoms with Gasteiger partial charge >= 0.3 is 0 Å². The highest BCUT2D eigenvalue weighted by Crippen LogP contribution is 2.23. The van der Waals surface area contributed by atoms with Crippen molar-refractivity contribution in [3.8, 4) is 11.8 Å². The molecule has 0 aliphatic carbocycles. The number of benzene rings is 3. The molecule has 2 N–H and O–H groups in total. The molecule has 0 atom stereocenters. The van der Waals surface area contributed by atoms with Gasteiger partial charge in [-0.15, -0.1) is 0 Å². The van der Waals surface area contributed by atoms with Crippen LogP contribution in [0.3, 0.4) is 0 Å². The largest absolute Gasteiger partial charge is 0.483 e. The molecule has 0 aliphatic rings. The lowest BCUT2D eigenvalue weighted by Gasteiger charge is -2.11. The monoisotopic (exact) mass is 465 g/mol. The summed E-state index contributed by atoms with van der Waals surface area (Å²) in [5.74, 6) is -0.646. The SMILES string of the molecule is N#C/C(=C/c1ccccc1OCC(=O)Nc1ccccc1Cl)C(=O)Nc1ccc(Cl)cc1. The molecule has 3 aromatic rings. The van der Waals surface area contributed by atoms with Gasteiger partial charge in [-0.1, -0.05) is 53.5 Å². The third kappa shape index (κ3) is 6.35. The highest BCUT2D eigenvalue weighted by Gasteiger charge is 2.12. The van der Waals surface area contributed by atoms with Crippen molar-refractivity contribution >= 4 is 52.5 Å².